The zero-order valence-electron chi connectivity index (χ0n) is 15.2. The van der Waals surface area contributed by atoms with Crippen LogP contribution in [0, 0.1) is 3.57 Å². The molecule has 144 valence electrons. The minimum absolute atomic E-state index is 0.100. The number of pyridine rings is 1. The van der Waals surface area contributed by atoms with E-state index in [2.05, 4.69) is 27.6 Å². The number of benzene rings is 2. The van der Waals surface area contributed by atoms with E-state index in [0.717, 1.165) is 20.4 Å². The molecular weight excluding hydrogens is 497 g/mol. The Bertz CT molecular complexity index is 1100. The maximum Gasteiger partial charge on any atom is 0.267 e. The van der Waals surface area contributed by atoms with E-state index in [-0.39, 0.29) is 11.7 Å². The quantitative estimate of drug-likeness (QED) is 0.385. The van der Waals surface area contributed by atoms with Crippen LogP contribution in [0.15, 0.2) is 83.0 Å². The van der Waals surface area contributed by atoms with Gasteiger partial charge in [0, 0.05) is 12.4 Å². The van der Waals surface area contributed by atoms with E-state index in [1.807, 2.05) is 54.6 Å². The average molecular weight is 513 g/mol. The average Bonchev–Trinajstić information content (AvgIpc) is 3.01. The van der Waals surface area contributed by atoms with Gasteiger partial charge in [0.2, 0.25) is 0 Å². The van der Waals surface area contributed by atoms with Crippen LogP contribution in [-0.2, 0) is 11.3 Å². The second kappa shape index (κ2) is 8.79. The van der Waals surface area contributed by atoms with E-state index in [0.29, 0.717) is 16.6 Å². The molecule has 0 bridgehead atoms. The van der Waals surface area contributed by atoms with Crippen molar-refractivity contribution < 1.29 is 9.90 Å². The zero-order valence-corrected chi connectivity index (χ0v) is 18.2. The van der Waals surface area contributed by atoms with Gasteiger partial charge in [-0.1, -0.05) is 30.3 Å². The fraction of sp³-hybridized carbons (Fsp3) is 0.0455. The van der Waals surface area contributed by atoms with E-state index in [1.54, 1.807) is 29.4 Å². The van der Waals surface area contributed by atoms with Crippen LogP contribution in [0.3, 0.4) is 0 Å². The van der Waals surface area contributed by atoms with Crippen molar-refractivity contribution in [3.63, 3.8) is 0 Å². The SMILES string of the molecule is O=C1C(=Cc2ccc(O)c(I)c2)SC(=Nc2ccccc2)N1Cc1cccnc1. The number of thioether (sulfide) groups is 1. The predicted octanol–water partition coefficient (Wildman–Crippen LogP) is 5.20. The highest BCUT2D eigenvalue weighted by Crippen LogP contribution is 2.35. The third-order valence-corrected chi connectivity index (χ3v) is 6.07. The second-order valence-corrected chi connectivity index (χ2v) is 8.48. The Hall–Kier alpha value is -2.65. The van der Waals surface area contributed by atoms with Crippen LogP contribution in [0.4, 0.5) is 5.69 Å². The molecule has 1 aliphatic heterocycles. The molecule has 0 atom stereocenters. The summed E-state index contributed by atoms with van der Waals surface area (Å²) in [6.07, 6.45) is 5.29. The van der Waals surface area contributed by atoms with Gasteiger partial charge in [0.15, 0.2) is 5.17 Å². The number of phenols is 1. The Balaban J connectivity index is 1.70. The van der Waals surface area contributed by atoms with E-state index in [4.69, 9.17) is 4.99 Å². The predicted molar refractivity (Wildman–Crippen MR) is 125 cm³/mol. The number of carbonyl (C=O) groups is 1. The molecule has 1 aliphatic rings. The molecule has 29 heavy (non-hydrogen) atoms. The number of para-hydroxylation sites is 1. The summed E-state index contributed by atoms with van der Waals surface area (Å²) in [5.41, 5.74) is 2.58. The van der Waals surface area contributed by atoms with Crippen molar-refractivity contribution in [2.24, 2.45) is 4.99 Å². The van der Waals surface area contributed by atoms with Gasteiger partial charge in [0.25, 0.3) is 5.91 Å². The highest BCUT2D eigenvalue weighted by atomic mass is 127. The highest BCUT2D eigenvalue weighted by Gasteiger charge is 2.33. The first-order valence-electron chi connectivity index (χ1n) is 8.83. The largest absolute Gasteiger partial charge is 0.507 e. The lowest BCUT2D eigenvalue weighted by Crippen LogP contribution is -2.28. The maximum absolute atomic E-state index is 13.2. The molecule has 0 spiro atoms. The lowest BCUT2D eigenvalue weighted by Gasteiger charge is -2.15. The smallest absolute Gasteiger partial charge is 0.267 e. The molecule has 4 rings (SSSR count). The van der Waals surface area contributed by atoms with Gasteiger partial charge in [0.05, 0.1) is 20.7 Å². The fourth-order valence-corrected chi connectivity index (χ4v) is 4.32. The van der Waals surface area contributed by atoms with Gasteiger partial charge >= 0.3 is 0 Å². The molecule has 5 nitrogen and oxygen atoms in total. The zero-order chi connectivity index (χ0) is 20.2. The number of aromatic nitrogens is 1. The normalized spacial score (nSPS) is 16.7. The fourth-order valence-electron chi connectivity index (χ4n) is 2.78. The topological polar surface area (TPSA) is 65.8 Å². The number of hydrogen-bond donors (Lipinski definition) is 1. The number of amidine groups is 1. The minimum atomic E-state index is -0.100. The van der Waals surface area contributed by atoms with Crippen molar-refractivity contribution in [2.75, 3.05) is 0 Å². The Morgan fingerprint density at radius 1 is 1.14 bits per heavy atom. The molecule has 1 aromatic heterocycles. The van der Waals surface area contributed by atoms with Crippen LogP contribution in [0.25, 0.3) is 6.08 Å². The van der Waals surface area contributed by atoms with Crippen molar-refractivity contribution in [2.45, 2.75) is 6.54 Å². The van der Waals surface area contributed by atoms with Crippen LogP contribution in [-0.4, -0.2) is 26.1 Å². The molecule has 2 heterocycles. The van der Waals surface area contributed by atoms with Crippen LogP contribution in [0.1, 0.15) is 11.1 Å². The standard InChI is InChI=1S/C22H16IN3O2S/c23-18-11-15(8-9-19(18)27)12-20-21(28)26(14-16-5-4-10-24-13-16)22(29-20)25-17-6-2-1-3-7-17/h1-13,27H,14H2. The van der Waals surface area contributed by atoms with E-state index >= 15 is 0 Å². The summed E-state index contributed by atoms with van der Waals surface area (Å²) in [5, 5.41) is 10.4. The molecule has 0 saturated carbocycles. The highest BCUT2D eigenvalue weighted by molar-refractivity contribution is 14.1. The molecule has 1 N–H and O–H groups in total. The van der Waals surface area contributed by atoms with E-state index in [1.165, 1.54) is 11.8 Å². The third-order valence-electron chi connectivity index (χ3n) is 4.20. The van der Waals surface area contributed by atoms with Crippen molar-refractivity contribution in [3.8, 4) is 5.75 Å². The molecule has 1 fully saturated rings. The van der Waals surface area contributed by atoms with Crippen LogP contribution < -0.4 is 0 Å². The van der Waals surface area contributed by atoms with Gasteiger partial charge in [-0.25, -0.2) is 4.99 Å². The molecule has 0 radical (unpaired) electrons. The number of amides is 1. The van der Waals surface area contributed by atoms with Crippen LogP contribution in [0.5, 0.6) is 5.75 Å². The number of phenolic OH excluding ortho intramolecular Hbond substituents is 1. The van der Waals surface area contributed by atoms with Gasteiger partial charge in [-0.2, -0.15) is 0 Å². The lowest BCUT2D eigenvalue weighted by molar-refractivity contribution is -0.122. The molecule has 1 amide bonds. The summed E-state index contributed by atoms with van der Waals surface area (Å²) in [6, 6.07) is 18.6. The Morgan fingerprint density at radius 3 is 2.69 bits per heavy atom. The molecule has 0 aliphatic carbocycles. The van der Waals surface area contributed by atoms with Gasteiger partial charge in [-0.3, -0.25) is 14.7 Å². The summed E-state index contributed by atoms with van der Waals surface area (Å²) in [5.74, 6) is 0.124. The molecule has 0 unspecified atom stereocenters. The number of aliphatic imine (C=N–C) groups is 1. The molecule has 3 aromatic rings. The van der Waals surface area contributed by atoms with Crippen LogP contribution >= 0.6 is 34.4 Å². The summed E-state index contributed by atoms with van der Waals surface area (Å²) in [7, 11) is 0. The van der Waals surface area contributed by atoms with Gasteiger partial charge in [-0.05, 0) is 81.9 Å². The van der Waals surface area contributed by atoms with E-state index < -0.39 is 0 Å². The monoisotopic (exact) mass is 513 g/mol. The summed E-state index contributed by atoms with van der Waals surface area (Å²) < 4.78 is 0.734. The van der Waals surface area contributed by atoms with Gasteiger partial charge in [0.1, 0.15) is 5.75 Å². The summed E-state index contributed by atoms with van der Waals surface area (Å²) in [4.78, 5) is 24.2. The Kier molecular flexibility index (Phi) is 5.96. The first-order chi connectivity index (χ1) is 14.1. The summed E-state index contributed by atoms with van der Waals surface area (Å²) in [6.45, 7) is 0.399. The number of hydrogen-bond acceptors (Lipinski definition) is 5. The molecule has 7 heteroatoms. The molecule has 1 saturated heterocycles. The number of aromatic hydroxyl groups is 1. The molecular formula is C22H16IN3O2S. The lowest BCUT2D eigenvalue weighted by atomic mass is 10.2. The summed E-state index contributed by atoms with van der Waals surface area (Å²) >= 11 is 3.42. The maximum atomic E-state index is 13.2. The Labute approximate surface area is 186 Å². The Morgan fingerprint density at radius 2 is 1.97 bits per heavy atom. The third kappa shape index (κ3) is 4.68. The van der Waals surface area contributed by atoms with Crippen LogP contribution in [0.2, 0.25) is 0 Å². The number of carbonyl (C=O) groups excluding carboxylic acids is 1. The number of nitrogens with zero attached hydrogens (tertiary/aromatic N) is 3. The van der Waals surface area contributed by atoms with Crippen molar-refractivity contribution in [1.82, 2.24) is 9.88 Å². The van der Waals surface area contributed by atoms with Crippen molar-refractivity contribution in [1.29, 1.82) is 0 Å². The first kappa shape index (κ1) is 19.7. The van der Waals surface area contributed by atoms with E-state index in [9.17, 15) is 9.90 Å². The minimum Gasteiger partial charge on any atom is -0.507 e. The van der Waals surface area contributed by atoms with Crippen molar-refractivity contribution >= 4 is 57.2 Å². The second-order valence-electron chi connectivity index (χ2n) is 6.30. The molecule has 2 aromatic carbocycles. The first-order valence-corrected chi connectivity index (χ1v) is 10.7. The van der Waals surface area contributed by atoms with Gasteiger partial charge < -0.3 is 5.11 Å². The number of halogens is 1. The van der Waals surface area contributed by atoms with Crippen molar-refractivity contribution in [3.05, 3.63) is 92.7 Å². The van der Waals surface area contributed by atoms with Gasteiger partial charge in [-0.15, -0.1) is 0 Å². The number of rotatable bonds is 4.